The van der Waals surface area contributed by atoms with Crippen LogP contribution in [-0.4, -0.2) is 30.0 Å². The van der Waals surface area contributed by atoms with Gasteiger partial charge in [-0.3, -0.25) is 4.79 Å². The molecule has 1 unspecified atom stereocenters. The molecule has 1 aliphatic heterocycles. The number of carbonyl (C=O) groups excluding carboxylic acids is 1. The number of hydrogen-bond donors (Lipinski definition) is 2. The zero-order chi connectivity index (χ0) is 12.3. The van der Waals surface area contributed by atoms with Gasteiger partial charge >= 0.3 is 0 Å². The summed E-state index contributed by atoms with van der Waals surface area (Å²) in [4.78, 5) is 11.8. The lowest BCUT2D eigenvalue weighted by molar-refractivity contribution is -0.117. The van der Waals surface area contributed by atoms with Gasteiger partial charge in [0, 0.05) is 24.1 Å². The zero-order valence-electron chi connectivity index (χ0n) is 9.00. The SMILES string of the molecule is O=C(Nc1cc(F)ccc1F)C1CSCCN1. The molecule has 1 saturated heterocycles. The zero-order valence-corrected chi connectivity index (χ0v) is 9.82. The molecule has 6 heteroatoms. The van der Waals surface area contributed by atoms with Crippen LogP contribution in [-0.2, 0) is 4.79 Å². The van der Waals surface area contributed by atoms with Crippen LogP contribution in [0.3, 0.4) is 0 Å². The van der Waals surface area contributed by atoms with Gasteiger partial charge in [0.2, 0.25) is 5.91 Å². The average molecular weight is 258 g/mol. The van der Waals surface area contributed by atoms with Crippen LogP contribution in [0.15, 0.2) is 18.2 Å². The smallest absolute Gasteiger partial charge is 0.242 e. The Labute approximate surface area is 102 Å². The number of anilines is 1. The maximum Gasteiger partial charge on any atom is 0.242 e. The minimum Gasteiger partial charge on any atom is -0.322 e. The first-order chi connectivity index (χ1) is 8.16. The Kier molecular flexibility index (Phi) is 3.96. The predicted molar refractivity (Wildman–Crippen MR) is 64.1 cm³/mol. The second-order valence-electron chi connectivity index (χ2n) is 3.70. The van der Waals surface area contributed by atoms with Crippen LogP contribution in [0.4, 0.5) is 14.5 Å². The van der Waals surface area contributed by atoms with Crippen molar-refractivity contribution in [2.24, 2.45) is 0 Å². The molecule has 1 heterocycles. The van der Waals surface area contributed by atoms with Crippen molar-refractivity contribution in [3.63, 3.8) is 0 Å². The molecule has 1 aliphatic rings. The summed E-state index contributed by atoms with van der Waals surface area (Å²) in [5, 5.41) is 5.42. The fourth-order valence-electron chi connectivity index (χ4n) is 1.55. The highest BCUT2D eigenvalue weighted by atomic mass is 32.2. The van der Waals surface area contributed by atoms with Gasteiger partial charge in [-0.05, 0) is 12.1 Å². The second kappa shape index (κ2) is 5.46. The Hall–Kier alpha value is -1.14. The molecule has 2 rings (SSSR count). The first kappa shape index (κ1) is 12.3. The molecule has 17 heavy (non-hydrogen) atoms. The fraction of sp³-hybridized carbons (Fsp3) is 0.364. The first-order valence-corrected chi connectivity index (χ1v) is 6.39. The van der Waals surface area contributed by atoms with Crippen LogP contribution < -0.4 is 10.6 Å². The Morgan fingerprint density at radius 3 is 3.00 bits per heavy atom. The topological polar surface area (TPSA) is 41.1 Å². The highest BCUT2D eigenvalue weighted by molar-refractivity contribution is 7.99. The predicted octanol–water partition coefficient (Wildman–Crippen LogP) is 1.61. The Bertz CT molecular complexity index is 422. The van der Waals surface area contributed by atoms with Gasteiger partial charge in [0.05, 0.1) is 11.7 Å². The van der Waals surface area contributed by atoms with Gasteiger partial charge in [0.1, 0.15) is 11.6 Å². The summed E-state index contributed by atoms with van der Waals surface area (Å²) in [5.74, 6) is 0.0542. The molecule has 1 aromatic carbocycles. The van der Waals surface area contributed by atoms with E-state index in [1.807, 2.05) is 0 Å². The van der Waals surface area contributed by atoms with Gasteiger partial charge in [0.15, 0.2) is 0 Å². The maximum atomic E-state index is 13.3. The van der Waals surface area contributed by atoms with Crippen LogP contribution in [0.2, 0.25) is 0 Å². The van der Waals surface area contributed by atoms with E-state index in [-0.39, 0.29) is 17.6 Å². The second-order valence-corrected chi connectivity index (χ2v) is 4.84. The van der Waals surface area contributed by atoms with Crippen molar-refractivity contribution in [3.05, 3.63) is 29.8 Å². The van der Waals surface area contributed by atoms with E-state index < -0.39 is 11.6 Å². The number of thioether (sulfide) groups is 1. The molecule has 0 bridgehead atoms. The van der Waals surface area contributed by atoms with Gasteiger partial charge in [-0.2, -0.15) is 11.8 Å². The van der Waals surface area contributed by atoms with Crippen LogP contribution in [0.5, 0.6) is 0 Å². The third kappa shape index (κ3) is 3.17. The van der Waals surface area contributed by atoms with Crippen molar-refractivity contribution >= 4 is 23.4 Å². The van der Waals surface area contributed by atoms with E-state index in [0.29, 0.717) is 5.75 Å². The molecule has 3 nitrogen and oxygen atoms in total. The summed E-state index contributed by atoms with van der Waals surface area (Å²) < 4.78 is 26.2. The van der Waals surface area contributed by atoms with Gasteiger partial charge in [-0.15, -0.1) is 0 Å². The summed E-state index contributed by atoms with van der Waals surface area (Å²) in [7, 11) is 0. The molecular formula is C11H12F2N2OS. The quantitative estimate of drug-likeness (QED) is 0.846. The molecule has 0 saturated carbocycles. The van der Waals surface area contributed by atoms with Gasteiger partial charge in [0.25, 0.3) is 0 Å². The monoisotopic (exact) mass is 258 g/mol. The van der Waals surface area contributed by atoms with E-state index in [2.05, 4.69) is 10.6 Å². The Morgan fingerprint density at radius 1 is 1.47 bits per heavy atom. The lowest BCUT2D eigenvalue weighted by Gasteiger charge is -2.22. The van der Waals surface area contributed by atoms with E-state index in [1.54, 1.807) is 11.8 Å². The summed E-state index contributed by atoms with van der Waals surface area (Å²) in [6.45, 7) is 0.744. The van der Waals surface area contributed by atoms with Crippen LogP contribution in [0, 0.1) is 11.6 Å². The lowest BCUT2D eigenvalue weighted by Crippen LogP contribution is -2.46. The number of hydrogen-bond acceptors (Lipinski definition) is 3. The summed E-state index contributed by atoms with van der Waals surface area (Å²) in [6.07, 6.45) is 0. The molecular weight excluding hydrogens is 246 g/mol. The van der Waals surface area contributed by atoms with Crippen LogP contribution in [0.1, 0.15) is 0 Å². The summed E-state index contributed by atoms with van der Waals surface area (Å²) in [6, 6.07) is 2.63. The maximum absolute atomic E-state index is 13.3. The van der Waals surface area contributed by atoms with Gasteiger partial charge in [-0.1, -0.05) is 0 Å². The van der Waals surface area contributed by atoms with Gasteiger partial charge in [-0.25, -0.2) is 8.78 Å². The molecule has 0 radical (unpaired) electrons. The average Bonchev–Trinajstić information content (AvgIpc) is 2.35. The minimum absolute atomic E-state index is 0.118. The summed E-state index contributed by atoms with van der Waals surface area (Å²) >= 11 is 1.66. The third-order valence-electron chi connectivity index (χ3n) is 2.42. The van der Waals surface area contributed by atoms with E-state index >= 15 is 0 Å². The fourth-order valence-corrected chi connectivity index (χ4v) is 2.48. The molecule has 2 N–H and O–H groups in total. The normalized spacial score (nSPS) is 20.0. The largest absolute Gasteiger partial charge is 0.322 e. The molecule has 1 fully saturated rings. The molecule has 0 spiro atoms. The molecule has 1 atom stereocenters. The minimum atomic E-state index is -0.636. The van der Waals surface area contributed by atoms with Crippen LogP contribution in [0.25, 0.3) is 0 Å². The highest BCUT2D eigenvalue weighted by Crippen LogP contribution is 2.16. The van der Waals surface area contributed by atoms with Crippen molar-refractivity contribution in [2.75, 3.05) is 23.4 Å². The van der Waals surface area contributed by atoms with E-state index in [9.17, 15) is 13.6 Å². The third-order valence-corrected chi connectivity index (χ3v) is 3.49. The van der Waals surface area contributed by atoms with Crippen molar-refractivity contribution in [3.8, 4) is 0 Å². The molecule has 0 aliphatic carbocycles. The molecule has 92 valence electrons. The van der Waals surface area contributed by atoms with E-state index in [0.717, 1.165) is 30.5 Å². The van der Waals surface area contributed by atoms with E-state index in [1.165, 1.54) is 0 Å². The van der Waals surface area contributed by atoms with Gasteiger partial charge < -0.3 is 10.6 Å². The number of carbonyl (C=O) groups is 1. The number of halogens is 2. The Balaban J connectivity index is 2.04. The molecule has 1 aromatic rings. The van der Waals surface area contributed by atoms with Crippen molar-refractivity contribution in [2.45, 2.75) is 6.04 Å². The molecule has 0 aromatic heterocycles. The Morgan fingerprint density at radius 2 is 2.29 bits per heavy atom. The number of nitrogens with one attached hydrogen (secondary N) is 2. The van der Waals surface area contributed by atoms with Crippen molar-refractivity contribution < 1.29 is 13.6 Å². The molecule has 1 amide bonds. The summed E-state index contributed by atoms with van der Waals surface area (Å²) in [5.41, 5.74) is -0.118. The van der Waals surface area contributed by atoms with E-state index in [4.69, 9.17) is 0 Å². The number of rotatable bonds is 2. The standard InChI is InChI=1S/C11H12F2N2OS/c12-7-1-2-8(13)9(5-7)15-11(16)10-6-17-4-3-14-10/h1-2,5,10,14H,3-4,6H2,(H,15,16). The van der Waals surface area contributed by atoms with Crippen molar-refractivity contribution in [1.82, 2.24) is 5.32 Å². The lowest BCUT2D eigenvalue weighted by atomic mass is 10.2. The van der Waals surface area contributed by atoms with Crippen LogP contribution >= 0.6 is 11.8 Å². The highest BCUT2D eigenvalue weighted by Gasteiger charge is 2.21. The first-order valence-electron chi connectivity index (χ1n) is 5.24. The van der Waals surface area contributed by atoms with Crippen molar-refractivity contribution in [1.29, 1.82) is 0 Å². The number of amides is 1. The number of benzene rings is 1.